The van der Waals surface area contributed by atoms with Gasteiger partial charge in [0, 0.05) is 13.0 Å². The van der Waals surface area contributed by atoms with E-state index in [2.05, 4.69) is 24.1 Å². The number of rotatable bonds is 7. The van der Waals surface area contributed by atoms with Gasteiger partial charge in [-0.2, -0.15) is 0 Å². The molecule has 4 heteroatoms. The second-order valence-corrected chi connectivity index (χ2v) is 4.21. The number of nitrogens with zero attached hydrogens (tertiary/aromatic N) is 1. The zero-order chi connectivity index (χ0) is 12.7. The maximum atomic E-state index is 7.15. The molecule has 17 heavy (non-hydrogen) atoms. The fraction of sp³-hybridized carbons (Fsp3) is 0.462. The van der Waals surface area contributed by atoms with Gasteiger partial charge in [0.2, 0.25) is 0 Å². The van der Waals surface area contributed by atoms with E-state index in [1.54, 1.807) is 7.11 Å². The average Bonchev–Trinajstić information content (AvgIpc) is 2.29. The number of methoxy groups -OCH3 is 1. The van der Waals surface area contributed by atoms with Gasteiger partial charge in [-0.1, -0.05) is 12.1 Å². The maximum Gasteiger partial charge on any atom is 0.118 e. The van der Waals surface area contributed by atoms with Crippen molar-refractivity contribution in [3.8, 4) is 5.75 Å². The Hall–Kier alpha value is -1.55. The van der Waals surface area contributed by atoms with Gasteiger partial charge in [-0.15, -0.1) is 0 Å². The molecular formula is C13H21N3O. The molecule has 0 bridgehead atoms. The molecule has 1 rings (SSSR count). The third-order valence-corrected chi connectivity index (χ3v) is 2.60. The molecule has 1 aromatic carbocycles. The number of nitrogens with two attached hydrogens (primary N) is 1. The van der Waals surface area contributed by atoms with E-state index in [-0.39, 0.29) is 5.84 Å². The van der Waals surface area contributed by atoms with Gasteiger partial charge in [-0.25, -0.2) is 0 Å². The van der Waals surface area contributed by atoms with E-state index < -0.39 is 0 Å². The van der Waals surface area contributed by atoms with Crippen LogP contribution in [0.15, 0.2) is 24.3 Å². The molecule has 0 aliphatic rings. The molecule has 94 valence electrons. The third-order valence-electron chi connectivity index (χ3n) is 2.60. The van der Waals surface area contributed by atoms with Crippen molar-refractivity contribution in [1.29, 1.82) is 5.41 Å². The molecule has 3 N–H and O–H groups in total. The molecule has 0 fully saturated rings. The maximum absolute atomic E-state index is 7.15. The molecule has 0 aliphatic heterocycles. The Balaban J connectivity index is 2.34. The first-order chi connectivity index (χ1) is 8.11. The highest BCUT2D eigenvalue weighted by molar-refractivity contribution is 5.76. The summed E-state index contributed by atoms with van der Waals surface area (Å²) in [5.74, 6) is 1.15. The molecular weight excluding hydrogens is 214 g/mol. The summed E-state index contributed by atoms with van der Waals surface area (Å²) in [5, 5.41) is 7.15. The molecule has 0 spiro atoms. The molecule has 0 heterocycles. The topological polar surface area (TPSA) is 62.3 Å². The third kappa shape index (κ3) is 5.36. The van der Waals surface area contributed by atoms with E-state index in [0.717, 1.165) is 25.3 Å². The minimum absolute atomic E-state index is 0.267. The number of ether oxygens (including phenoxy) is 1. The number of hydrogen-bond donors (Lipinski definition) is 2. The first kappa shape index (κ1) is 13.5. The summed E-state index contributed by atoms with van der Waals surface area (Å²) in [5.41, 5.74) is 6.57. The highest BCUT2D eigenvalue weighted by Gasteiger charge is 2.01. The summed E-state index contributed by atoms with van der Waals surface area (Å²) >= 11 is 0. The summed E-state index contributed by atoms with van der Waals surface area (Å²) < 4.78 is 5.11. The Kier molecular flexibility index (Phi) is 5.49. The van der Waals surface area contributed by atoms with Crippen molar-refractivity contribution in [3.05, 3.63) is 29.8 Å². The van der Waals surface area contributed by atoms with E-state index in [1.165, 1.54) is 5.56 Å². The van der Waals surface area contributed by atoms with Crippen LogP contribution in [0.5, 0.6) is 5.75 Å². The van der Waals surface area contributed by atoms with E-state index in [9.17, 15) is 0 Å². The monoisotopic (exact) mass is 235 g/mol. The molecule has 0 amide bonds. The first-order valence-corrected chi connectivity index (χ1v) is 5.76. The van der Waals surface area contributed by atoms with Crippen LogP contribution < -0.4 is 10.5 Å². The lowest BCUT2D eigenvalue weighted by Crippen LogP contribution is -2.21. The second kappa shape index (κ2) is 6.91. The summed E-state index contributed by atoms with van der Waals surface area (Å²) in [4.78, 5) is 2.23. The Bertz CT molecular complexity index is 348. The molecule has 4 nitrogen and oxygen atoms in total. The summed E-state index contributed by atoms with van der Waals surface area (Å²) in [6.45, 7) is 1.85. The van der Waals surface area contributed by atoms with Gasteiger partial charge in [-0.3, -0.25) is 5.41 Å². The molecule has 1 aromatic rings. The Morgan fingerprint density at radius 3 is 2.53 bits per heavy atom. The molecule has 0 atom stereocenters. The van der Waals surface area contributed by atoms with Crippen LogP contribution in [0.1, 0.15) is 18.4 Å². The standard InChI is InChI=1S/C13H21N3O/c1-16(9-3-4-13(14)15)10-11-5-7-12(17-2)8-6-11/h5-8H,3-4,9-10H2,1-2H3,(H3,14,15). The van der Waals surface area contributed by atoms with Gasteiger partial charge in [-0.05, 0) is 37.7 Å². The van der Waals surface area contributed by atoms with Crippen molar-refractivity contribution >= 4 is 5.84 Å². The van der Waals surface area contributed by atoms with E-state index in [1.807, 2.05) is 12.1 Å². The molecule has 0 radical (unpaired) electrons. The smallest absolute Gasteiger partial charge is 0.118 e. The van der Waals surface area contributed by atoms with Crippen molar-refractivity contribution in [3.63, 3.8) is 0 Å². The summed E-state index contributed by atoms with van der Waals surface area (Å²) in [6.07, 6.45) is 1.61. The van der Waals surface area contributed by atoms with Crippen LogP contribution in [-0.2, 0) is 6.54 Å². The first-order valence-electron chi connectivity index (χ1n) is 5.76. The van der Waals surface area contributed by atoms with Crippen molar-refractivity contribution in [2.24, 2.45) is 5.73 Å². The van der Waals surface area contributed by atoms with Gasteiger partial charge in [0.05, 0.1) is 12.9 Å². The van der Waals surface area contributed by atoms with Crippen molar-refractivity contribution in [2.75, 3.05) is 20.7 Å². The largest absolute Gasteiger partial charge is 0.497 e. The van der Waals surface area contributed by atoms with E-state index in [4.69, 9.17) is 15.9 Å². The van der Waals surface area contributed by atoms with Crippen LogP contribution in [-0.4, -0.2) is 31.4 Å². The van der Waals surface area contributed by atoms with Crippen LogP contribution >= 0.6 is 0 Å². The Labute approximate surface area is 103 Å². The normalized spacial score (nSPS) is 10.5. The van der Waals surface area contributed by atoms with Crippen molar-refractivity contribution < 1.29 is 4.74 Å². The quantitative estimate of drug-likeness (QED) is 0.560. The average molecular weight is 235 g/mol. The predicted molar refractivity (Wildman–Crippen MR) is 70.5 cm³/mol. The number of amidine groups is 1. The SMILES string of the molecule is COc1ccc(CN(C)CCCC(=N)N)cc1. The van der Waals surface area contributed by atoms with Gasteiger partial charge in [0.25, 0.3) is 0 Å². The number of hydrogen-bond acceptors (Lipinski definition) is 3. The van der Waals surface area contributed by atoms with Crippen LogP contribution in [0.3, 0.4) is 0 Å². The fourth-order valence-corrected chi connectivity index (χ4v) is 1.66. The lowest BCUT2D eigenvalue weighted by Gasteiger charge is -2.16. The Morgan fingerprint density at radius 1 is 1.35 bits per heavy atom. The highest BCUT2D eigenvalue weighted by Crippen LogP contribution is 2.12. The highest BCUT2D eigenvalue weighted by atomic mass is 16.5. The van der Waals surface area contributed by atoms with Gasteiger partial charge in [0.15, 0.2) is 0 Å². The predicted octanol–water partition coefficient (Wildman–Crippen LogP) is 1.84. The number of benzene rings is 1. The van der Waals surface area contributed by atoms with E-state index in [0.29, 0.717) is 6.42 Å². The lowest BCUT2D eigenvalue weighted by molar-refractivity contribution is 0.324. The second-order valence-electron chi connectivity index (χ2n) is 4.21. The minimum atomic E-state index is 0.267. The Morgan fingerprint density at radius 2 is 2.00 bits per heavy atom. The minimum Gasteiger partial charge on any atom is -0.497 e. The van der Waals surface area contributed by atoms with Gasteiger partial charge in [0.1, 0.15) is 5.75 Å². The van der Waals surface area contributed by atoms with Crippen LogP contribution in [0.2, 0.25) is 0 Å². The summed E-state index contributed by atoms with van der Waals surface area (Å²) in [6, 6.07) is 8.08. The molecule has 0 saturated heterocycles. The summed E-state index contributed by atoms with van der Waals surface area (Å²) in [7, 11) is 3.74. The van der Waals surface area contributed by atoms with Crippen LogP contribution in [0, 0.1) is 5.41 Å². The van der Waals surface area contributed by atoms with Crippen LogP contribution in [0.25, 0.3) is 0 Å². The van der Waals surface area contributed by atoms with Crippen LogP contribution in [0.4, 0.5) is 0 Å². The van der Waals surface area contributed by atoms with E-state index >= 15 is 0 Å². The zero-order valence-corrected chi connectivity index (χ0v) is 10.6. The molecule has 0 unspecified atom stereocenters. The number of nitrogens with one attached hydrogen (secondary N) is 1. The molecule has 0 aromatic heterocycles. The van der Waals surface area contributed by atoms with Crippen molar-refractivity contribution in [2.45, 2.75) is 19.4 Å². The van der Waals surface area contributed by atoms with Crippen molar-refractivity contribution in [1.82, 2.24) is 4.90 Å². The lowest BCUT2D eigenvalue weighted by atomic mass is 10.2. The fourth-order valence-electron chi connectivity index (χ4n) is 1.66. The zero-order valence-electron chi connectivity index (χ0n) is 10.6. The van der Waals surface area contributed by atoms with Gasteiger partial charge >= 0.3 is 0 Å². The molecule has 0 aliphatic carbocycles. The molecule has 0 saturated carbocycles. The van der Waals surface area contributed by atoms with Gasteiger partial charge < -0.3 is 15.4 Å².